The van der Waals surface area contributed by atoms with Crippen LogP contribution >= 0.6 is 0 Å². The van der Waals surface area contributed by atoms with E-state index in [2.05, 4.69) is 20.5 Å². The number of rotatable bonds is 6. The van der Waals surface area contributed by atoms with Crippen molar-refractivity contribution in [1.82, 2.24) is 20.5 Å². The van der Waals surface area contributed by atoms with Crippen molar-refractivity contribution in [1.29, 1.82) is 0 Å². The summed E-state index contributed by atoms with van der Waals surface area (Å²) in [5.74, 6) is 0.0808. The van der Waals surface area contributed by atoms with Crippen molar-refractivity contribution in [2.75, 3.05) is 13.7 Å². The fourth-order valence-electron chi connectivity index (χ4n) is 1.71. The van der Waals surface area contributed by atoms with E-state index in [-0.39, 0.29) is 11.7 Å². The molecule has 2 rings (SSSR count). The zero-order valence-corrected chi connectivity index (χ0v) is 11.0. The van der Waals surface area contributed by atoms with E-state index >= 15 is 0 Å². The van der Waals surface area contributed by atoms with E-state index in [1.54, 1.807) is 0 Å². The third-order valence-corrected chi connectivity index (χ3v) is 2.75. The van der Waals surface area contributed by atoms with Crippen LogP contribution in [0.25, 0.3) is 0 Å². The minimum atomic E-state index is -0.491. The first-order chi connectivity index (χ1) is 9.70. The van der Waals surface area contributed by atoms with E-state index in [9.17, 15) is 9.18 Å². The topological polar surface area (TPSA) is 79.9 Å². The Morgan fingerprint density at radius 2 is 2.35 bits per heavy atom. The number of nitrogens with zero attached hydrogens (tertiary/aromatic N) is 2. The molecule has 20 heavy (non-hydrogen) atoms. The first-order valence-corrected chi connectivity index (χ1v) is 6.16. The summed E-state index contributed by atoms with van der Waals surface area (Å²) in [4.78, 5) is 15.8. The van der Waals surface area contributed by atoms with Gasteiger partial charge in [0.2, 0.25) is 0 Å². The lowest BCUT2D eigenvalue weighted by Crippen LogP contribution is -2.24. The molecule has 0 fully saturated rings. The van der Waals surface area contributed by atoms with Crippen LogP contribution in [0.1, 0.15) is 22.6 Å². The summed E-state index contributed by atoms with van der Waals surface area (Å²) in [5, 5.41) is 9.24. The zero-order chi connectivity index (χ0) is 14.4. The molecular formula is C13H15FN4O2. The minimum Gasteiger partial charge on any atom is -0.494 e. The molecule has 6 nitrogen and oxygen atoms in total. The maximum Gasteiger partial charge on any atom is 0.251 e. The lowest BCUT2D eigenvalue weighted by Gasteiger charge is -2.07. The number of aromatic nitrogens is 3. The van der Waals surface area contributed by atoms with Crippen molar-refractivity contribution >= 4 is 5.91 Å². The molecule has 0 radical (unpaired) electrons. The first-order valence-electron chi connectivity index (χ1n) is 6.16. The number of carbonyl (C=O) groups excluding carboxylic acids is 1. The van der Waals surface area contributed by atoms with Gasteiger partial charge in [0, 0.05) is 18.5 Å². The summed E-state index contributed by atoms with van der Waals surface area (Å²) in [5.41, 5.74) is 0.364. The Balaban J connectivity index is 1.82. The molecular weight excluding hydrogens is 263 g/mol. The fourth-order valence-corrected chi connectivity index (χ4v) is 1.71. The van der Waals surface area contributed by atoms with Gasteiger partial charge in [0.05, 0.1) is 7.11 Å². The smallest absolute Gasteiger partial charge is 0.251 e. The number of hydrogen-bond acceptors (Lipinski definition) is 4. The second kappa shape index (κ2) is 6.65. The van der Waals surface area contributed by atoms with E-state index in [1.807, 2.05) is 0 Å². The number of methoxy groups -OCH3 is 1. The van der Waals surface area contributed by atoms with Gasteiger partial charge < -0.3 is 10.1 Å². The molecule has 0 saturated carbocycles. The molecule has 0 bridgehead atoms. The molecule has 1 heterocycles. The third kappa shape index (κ3) is 3.53. The highest BCUT2D eigenvalue weighted by Gasteiger charge is 2.09. The molecule has 0 aliphatic heterocycles. The largest absolute Gasteiger partial charge is 0.494 e. The van der Waals surface area contributed by atoms with Gasteiger partial charge in [0.1, 0.15) is 12.2 Å². The van der Waals surface area contributed by atoms with Crippen LogP contribution in [0.3, 0.4) is 0 Å². The van der Waals surface area contributed by atoms with Crippen LogP contribution in [0.5, 0.6) is 5.75 Å². The predicted octanol–water partition coefficient (Wildman–Crippen LogP) is 1.31. The highest BCUT2D eigenvalue weighted by atomic mass is 19.1. The van der Waals surface area contributed by atoms with E-state index in [0.29, 0.717) is 18.5 Å². The molecule has 106 valence electrons. The van der Waals surface area contributed by atoms with E-state index in [4.69, 9.17) is 4.74 Å². The van der Waals surface area contributed by atoms with Crippen LogP contribution < -0.4 is 10.1 Å². The number of halogens is 1. The summed E-state index contributed by atoms with van der Waals surface area (Å²) < 4.78 is 18.1. The van der Waals surface area contributed by atoms with E-state index < -0.39 is 5.82 Å². The molecule has 2 aromatic rings. The van der Waals surface area contributed by atoms with E-state index in [0.717, 1.165) is 12.2 Å². The van der Waals surface area contributed by atoms with Gasteiger partial charge in [-0.15, -0.1) is 0 Å². The monoisotopic (exact) mass is 278 g/mol. The van der Waals surface area contributed by atoms with Crippen LogP contribution in [-0.4, -0.2) is 34.7 Å². The third-order valence-electron chi connectivity index (χ3n) is 2.75. The molecule has 1 amide bonds. The number of aromatic amines is 1. The molecule has 7 heteroatoms. The Kier molecular flexibility index (Phi) is 4.65. The van der Waals surface area contributed by atoms with Crippen LogP contribution in [-0.2, 0) is 6.42 Å². The average molecular weight is 278 g/mol. The van der Waals surface area contributed by atoms with E-state index in [1.165, 1.54) is 31.6 Å². The quantitative estimate of drug-likeness (QED) is 0.781. The number of H-pyrrole nitrogens is 1. The number of aryl methyl sites for hydroxylation is 1. The second-order valence-electron chi connectivity index (χ2n) is 4.14. The van der Waals surface area contributed by atoms with Crippen molar-refractivity contribution < 1.29 is 13.9 Å². The number of benzene rings is 1. The minimum absolute atomic E-state index is 0.0549. The van der Waals surface area contributed by atoms with Crippen molar-refractivity contribution in [3.8, 4) is 5.75 Å². The number of nitrogens with one attached hydrogen (secondary N) is 2. The molecule has 0 aliphatic rings. The molecule has 0 atom stereocenters. The first kappa shape index (κ1) is 14.0. The van der Waals surface area contributed by atoms with Crippen LogP contribution in [0.15, 0.2) is 24.5 Å². The van der Waals surface area contributed by atoms with Gasteiger partial charge in [-0.1, -0.05) is 0 Å². The standard InChI is InChI=1S/C13H15FN4O2/c1-20-11-7-9(4-5-10(11)14)13(19)15-6-2-3-12-16-8-17-18-12/h4-5,7-8H,2-3,6H2,1H3,(H,15,19)(H,16,17,18). The van der Waals surface area contributed by atoms with Gasteiger partial charge in [-0.3, -0.25) is 9.89 Å². The summed E-state index contributed by atoms with van der Waals surface area (Å²) in [7, 11) is 1.36. The molecule has 1 aromatic carbocycles. The lowest BCUT2D eigenvalue weighted by molar-refractivity contribution is 0.0952. The number of ether oxygens (including phenoxy) is 1. The highest BCUT2D eigenvalue weighted by Crippen LogP contribution is 2.17. The molecule has 1 aromatic heterocycles. The highest BCUT2D eigenvalue weighted by molar-refractivity contribution is 5.94. The zero-order valence-electron chi connectivity index (χ0n) is 11.0. The Morgan fingerprint density at radius 1 is 1.50 bits per heavy atom. The molecule has 0 saturated heterocycles. The van der Waals surface area contributed by atoms with Gasteiger partial charge in [-0.2, -0.15) is 5.10 Å². The molecule has 2 N–H and O–H groups in total. The molecule has 0 aliphatic carbocycles. The second-order valence-corrected chi connectivity index (χ2v) is 4.14. The summed E-state index contributed by atoms with van der Waals surface area (Å²) in [6, 6.07) is 4.01. The maximum absolute atomic E-state index is 13.2. The van der Waals surface area contributed by atoms with Gasteiger partial charge in [-0.05, 0) is 24.6 Å². The average Bonchev–Trinajstić information content (AvgIpc) is 2.97. The fraction of sp³-hybridized carbons (Fsp3) is 0.308. The van der Waals surface area contributed by atoms with Crippen molar-refractivity contribution in [3.05, 3.63) is 41.7 Å². The number of hydrogen-bond donors (Lipinski definition) is 2. The van der Waals surface area contributed by atoms with Gasteiger partial charge in [-0.25, -0.2) is 9.37 Å². The van der Waals surface area contributed by atoms with Gasteiger partial charge in [0.15, 0.2) is 11.6 Å². The maximum atomic E-state index is 13.2. The Hall–Kier alpha value is -2.44. The lowest BCUT2D eigenvalue weighted by atomic mass is 10.2. The van der Waals surface area contributed by atoms with Crippen molar-refractivity contribution in [2.45, 2.75) is 12.8 Å². The Morgan fingerprint density at radius 3 is 3.05 bits per heavy atom. The predicted molar refractivity (Wildman–Crippen MR) is 70.0 cm³/mol. The number of amides is 1. The van der Waals surface area contributed by atoms with Gasteiger partial charge in [0.25, 0.3) is 5.91 Å². The van der Waals surface area contributed by atoms with Crippen molar-refractivity contribution in [2.24, 2.45) is 0 Å². The van der Waals surface area contributed by atoms with Crippen molar-refractivity contribution in [3.63, 3.8) is 0 Å². The Labute approximate surface area is 115 Å². The normalized spacial score (nSPS) is 10.3. The summed E-state index contributed by atoms with van der Waals surface area (Å²) >= 11 is 0. The van der Waals surface area contributed by atoms with Crippen LogP contribution in [0, 0.1) is 5.82 Å². The summed E-state index contributed by atoms with van der Waals surface area (Å²) in [6.07, 6.45) is 2.88. The molecule has 0 spiro atoms. The van der Waals surface area contributed by atoms with Crippen LogP contribution in [0.2, 0.25) is 0 Å². The molecule has 0 unspecified atom stereocenters. The van der Waals surface area contributed by atoms with Crippen LogP contribution in [0.4, 0.5) is 4.39 Å². The number of carbonyl (C=O) groups is 1. The summed E-state index contributed by atoms with van der Waals surface area (Å²) in [6.45, 7) is 0.499. The Bertz CT molecular complexity index is 572. The van der Waals surface area contributed by atoms with Gasteiger partial charge >= 0.3 is 0 Å². The SMILES string of the molecule is COc1cc(C(=O)NCCCc2ncn[nH]2)ccc1F.